The number of carbonyl (C=O) groups excluding carboxylic acids is 1. The molecule has 16 heavy (non-hydrogen) atoms. The first-order valence-corrected chi connectivity index (χ1v) is 5.30. The van der Waals surface area contributed by atoms with Crippen LogP contribution in [0.25, 0.3) is 0 Å². The second kappa shape index (κ2) is 6.98. The highest BCUT2D eigenvalue weighted by Crippen LogP contribution is 2.01. The third-order valence-electron chi connectivity index (χ3n) is 2.18. The van der Waals surface area contributed by atoms with Gasteiger partial charge in [0.2, 0.25) is 5.91 Å². The minimum absolute atomic E-state index is 0.0684. The molecule has 0 spiro atoms. The van der Waals surface area contributed by atoms with Gasteiger partial charge in [-0.1, -0.05) is 30.3 Å². The van der Waals surface area contributed by atoms with E-state index in [1.807, 2.05) is 30.3 Å². The van der Waals surface area contributed by atoms with Crippen molar-refractivity contribution >= 4 is 5.91 Å². The van der Waals surface area contributed by atoms with Crippen molar-refractivity contribution in [2.45, 2.75) is 12.5 Å². The molecule has 0 bridgehead atoms. The van der Waals surface area contributed by atoms with Crippen molar-refractivity contribution in [1.82, 2.24) is 5.32 Å². The van der Waals surface area contributed by atoms with E-state index in [-0.39, 0.29) is 18.6 Å². The van der Waals surface area contributed by atoms with Crippen molar-refractivity contribution in [1.29, 1.82) is 0 Å². The second-order valence-electron chi connectivity index (χ2n) is 3.64. The molecule has 4 nitrogen and oxygen atoms in total. The topological polar surface area (TPSA) is 64.3 Å². The van der Waals surface area contributed by atoms with Crippen LogP contribution in [0.1, 0.15) is 5.56 Å². The molecule has 0 unspecified atom stereocenters. The van der Waals surface area contributed by atoms with Crippen molar-refractivity contribution in [3.05, 3.63) is 35.9 Å². The lowest BCUT2D eigenvalue weighted by Crippen LogP contribution is -2.31. The summed E-state index contributed by atoms with van der Waals surface area (Å²) in [6.45, 7) is 0.460. The van der Waals surface area contributed by atoms with Gasteiger partial charge in [-0.05, 0) is 12.0 Å². The molecule has 0 aliphatic rings. The highest BCUT2D eigenvalue weighted by Gasteiger charge is 2.05. The van der Waals surface area contributed by atoms with Gasteiger partial charge in [0.05, 0.1) is 6.61 Å². The maximum atomic E-state index is 10.9. The van der Waals surface area contributed by atoms with Crippen molar-refractivity contribution in [2.24, 2.45) is 5.73 Å². The Hall–Kier alpha value is -1.39. The molecule has 0 saturated carbocycles. The Morgan fingerprint density at radius 3 is 2.75 bits per heavy atom. The van der Waals surface area contributed by atoms with Crippen LogP contribution in [0.5, 0.6) is 0 Å². The molecule has 4 heteroatoms. The molecule has 1 aromatic carbocycles. The van der Waals surface area contributed by atoms with Crippen LogP contribution in [0.3, 0.4) is 0 Å². The average molecular weight is 222 g/mol. The SMILES string of the molecule is CNC(=O)COC[C@H](N)Cc1ccccc1. The molecule has 1 atom stereocenters. The molecule has 1 amide bonds. The number of nitrogens with two attached hydrogens (primary N) is 1. The fourth-order valence-electron chi connectivity index (χ4n) is 1.35. The Balaban J connectivity index is 2.21. The molecule has 1 aromatic rings. The number of benzene rings is 1. The summed E-state index contributed by atoms with van der Waals surface area (Å²) < 4.78 is 5.18. The molecule has 0 radical (unpaired) electrons. The van der Waals surface area contributed by atoms with Crippen molar-refractivity contribution in [3.8, 4) is 0 Å². The zero-order valence-corrected chi connectivity index (χ0v) is 9.48. The van der Waals surface area contributed by atoms with E-state index in [2.05, 4.69) is 5.32 Å². The number of ether oxygens (including phenoxy) is 1. The van der Waals surface area contributed by atoms with E-state index in [0.717, 1.165) is 6.42 Å². The van der Waals surface area contributed by atoms with Crippen LogP contribution < -0.4 is 11.1 Å². The zero-order chi connectivity index (χ0) is 11.8. The van der Waals surface area contributed by atoms with Crippen LogP contribution in [0, 0.1) is 0 Å². The number of rotatable bonds is 6. The van der Waals surface area contributed by atoms with E-state index in [1.165, 1.54) is 5.56 Å². The Morgan fingerprint density at radius 1 is 1.44 bits per heavy atom. The van der Waals surface area contributed by atoms with Crippen LogP contribution in [0.15, 0.2) is 30.3 Å². The average Bonchev–Trinajstić information content (AvgIpc) is 2.30. The quantitative estimate of drug-likeness (QED) is 0.728. The van der Waals surface area contributed by atoms with Gasteiger partial charge in [-0.3, -0.25) is 4.79 Å². The molecule has 0 aromatic heterocycles. The lowest BCUT2D eigenvalue weighted by molar-refractivity contribution is -0.125. The molecule has 0 fully saturated rings. The maximum Gasteiger partial charge on any atom is 0.245 e. The molecule has 0 heterocycles. The molecular weight excluding hydrogens is 204 g/mol. The molecular formula is C12H18N2O2. The number of likely N-dealkylation sites (N-methyl/N-ethyl adjacent to an activating group) is 1. The first-order valence-electron chi connectivity index (χ1n) is 5.30. The third kappa shape index (κ3) is 4.91. The number of nitrogens with one attached hydrogen (secondary N) is 1. The predicted molar refractivity (Wildman–Crippen MR) is 63.0 cm³/mol. The summed E-state index contributed by atoms with van der Waals surface area (Å²) >= 11 is 0. The smallest absolute Gasteiger partial charge is 0.245 e. The Morgan fingerprint density at radius 2 is 2.12 bits per heavy atom. The van der Waals surface area contributed by atoms with E-state index in [9.17, 15) is 4.79 Å². The Bertz CT molecular complexity index is 314. The molecule has 88 valence electrons. The fraction of sp³-hybridized carbons (Fsp3) is 0.417. The Kier molecular flexibility index (Phi) is 5.53. The van der Waals surface area contributed by atoms with Crippen molar-refractivity contribution < 1.29 is 9.53 Å². The van der Waals surface area contributed by atoms with Crippen molar-refractivity contribution in [3.63, 3.8) is 0 Å². The van der Waals surface area contributed by atoms with E-state index in [1.54, 1.807) is 7.05 Å². The van der Waals surface area contributed by atoms with Gasteiger partial charge < -0.3 is 15.8 Å². The fourth-order valence-corrected chi connectivity index (χ4v) is 1.35. The van der Waals surface area contributed by atoms with Crippen molar-refractivity contribution in [2.75, 3.05) is 20.3 Å². The standard InChI is InChI=1S/C12H18N2O2/c1-14-12(15)9-16-8-11(13)7-10-5-3-2-4-6-10/h2-6,11H,7-9,13H2,1H3,(H,14,15)/t11-/m1/s1. The maximum absolute atomic E-state index is 10.9. The molecule has 0 aliphatic heterocycles. The number of hydrogen-bond donors (Lipinski definition) is 2. The van der Waals surface area contributed by atoms with Gasteiger partial charge in [-0.15, -0.1) is 0 Å². The second-order valence-corrected chi connectivity index (χ2v) is 3.64. The van der Waals surface area contributed by atoms with Gasteiger partial charge in [-0.2, -0.15) is 0 Å². The van der Waals surface area contributed by atoms with Gasteiger partial charge in [0.1, 0.15) is 6.61 Å². The summed E-state index contributed by atoms with van der Waals surface area (Å²) in [5, 5.41) is 2.48. The summed E-state index contributed by atoms with van der Waals surface area (Å²) in [6, 6.07) is 9.90. The molecule has 1 rings (SSSR count). The number of hydrogen-bond acceptors (Lipinski definition) is 3. The summed E-state index contributed by atoms with van der Waals surface area (Å²) in [5.74, 6) is -0.132. The Labute approximate surface area is 95.8 Å². The van der Waals surface area contributed by atoms with E-state index < -0.39 is 0 Å². The first-order chi connectivity index (χ1) is 7.72. The van der Waals surface area contributed by atoms with Gasteiger partial charge in [0.25, 0.3) is 0 Å². The van der Waals surface area contributed by atoms with Gasteiger partial charge >= 0.3 is 0 Å². The predicted octanol–water partition coefficient (Wildman–Crippen LogP) is 0.319. The van der Waals surface area contributed by atoms with E-state index in [0.29, 0.717) is 6.61 Å². The van der Waals surface area contributed by atoms with Gasteiger partial charge in [0, 0.05) is 13.1 Å². The minimum atomic E-state index is -0.132. The minimum Gasteiger partial charge on any atom is -0.370 e. The summed E-state index contributed by atoms with van der Waals surface area (Å²) in [7, 11) is 1.58. The number of carbonyl (C=O) groups is 1. The van der Waals surface area contributed by atoms with Crippen LogP contribution in [0.4, 0.5) is 0 Å². The lowest BCUT2D eigenvalue weighted by Gasteiger charge is -2.11. The summed E-state index contributed by atoms with van der Waals surface area (Å²) in [6.07, 6.45) is 0.759. The third-order valence-corrected chi connectivity index (χ3v) is 2.18. The van der Waals surface area contributed by atoms with E-state index >= 15 is 0 Å². The molecule has 3 N–H and O–H groups in total. The largest absolute Gasteiger partial charge is 0.370 e. The summed E-state index contributed by atoms with van der Waals surface area (Å²) in [4.78, 5) is 10.9. The van der Waals surface area contributed by atoms with Crippen LogP contribution in [-0.2, 0) is 16.0 Å². The first kappa shape index (κ1) is 12.7. The highest BCUT2D eigenvalue weighted by atomic mass is 16.5. The monoisotopic (exact) mass is 222 g/mol. The van der Waals surface area contributed by atoms with Crippen LogP contribution >= 0.6 is 0 Å². The molecule has 0 aliphatic carbocycles. The lowest BCUT2D eigenvalue weighted by atomic mass is 10.1. The zero-order valence-electron chi connectivity index (χ0n) is 9.48. The molecule has 0 saturated heterocycles. The highest BCUT2D eigenvalue weighted by molar-refractivity contribution is 5.76. The van der Waals surface area contributed by atoms with Crippen LogP contribution in [-0.4, -0.2) is 32.2 Å². The number of amides is 1. The normalized spacial score (nSPS) is 12.1. The van der Waals surface area contributed by atoms with Gasteiger partial charge in [-0.25, -0.2) is 0 Å². The van der Waals surface area contributed by atoms with Gasteiger partial charge in [0.15, 0.2) is 0 Å². The van der Waals surface area contributed by atoms with E-state index in [4.69, 9.17) is 10.5 Å². The van der Waals surface area contributed by atoms with Crippen LogP contribution in [0.2, 0.25) is 0 Å². The summed E-state index contributed by atoms with van der Waals surface area (Å²) in [5.41, 5.74) is 7.06.